The standard InChI is InChI=1S/C22H31ClN4O2/c1-6-7-13-27(21(29)20(23)16-11-9-8-10-12-16)15-19(28)24-18-14-17(22(2,3)4)25-26(18)5/h8-12,14,20H,6-7,13,15H2,1-5H3,(H,24,28)/t20-/m0/s1. The molecule has 0 saturated heterocycles. The first kappa shape index (κ1) is 22.9. The van der Waals surface area contributed by atoms with E-state index in [0.29, 0.717) is 12.4 Å². The minimum atomic E-state index is -0.815. The van der Waals surface area contributed by atoms with Crippen molar-refractivity contribution in [3.8, 4) is 0 Å². The minimum absolute atomic E-state index is 0.0507. The predicted molar refractivity (Wildman–Crippen MR) is 117 cm³/mol. The second kappa shape index (κ2) is 9.92. The topological polar surface area (TPSA) is 67.2 Å². The molecule has 1 aromatic carbocycles. The summed E-state index contributed by atoms with van der Waals surface area (Å²) in [5.74, 6) is 0.0741. The molecule has 158 valence electrons. The van der Waals surface area contributed by atoms with Gasteiger partial charge in [-0.25, -0.2) is 0 Å². The average Bonchev–Trinajstić information content (AvgIpc) is 3.05. The predicted octanol–water partition coefficient (Wildman–Crippen LogP) is 4.26. The SMILES string of the molecule is CCCCN(CC(=O)Nc1cc(C(C)(C)C)nn1C)C(=O)[C@@H](Cl)c1ccccc1. The number of carbonyl (C=O) groups excluding carboxylic acids is 2. The van der Waals surface area contributed by atoms with Crippen LogP contribution in [-0.4, -0.2) is 39.6 Å². The van der Waals surface area contributed by atoms with Gasteiger partial charge in [-0.3, -0.25) is 14.3 Å². The molecule has 1 N–H and O–H groups in total. The molecule has 0 unspecified atom stereocenters. The molecule has 2 aromatic rings. The number of anilines is 1. The first-order valence-electron chi connectivity index (χ1n) is 9.95. The number of aromatic nitrogens is 2. The van der Waals surface area contributed by atoms with E-state index in [0.717, 1.165) is 24.1 Å². The van der Waals surface area contributed by atoms with E-state index in [1.54, 1.807) is 11.7 Å². The van der Waals surface area contributed by atoms with Crippen LogP contribution in [0.15, 0.2) is 36.4 Å². The molecule has 0 saturated carbocycles. The Bertz CT molecular complexity index is 827. The lowest BCUT2D eigenvalue weighted by Gasteiger charge is -2.24. The number of rotatable bonds is 8. The molecule has 2 rings (SSSR count). The molecule has 0 bridgehead atoms. The van der Waals surface area contributed by atoms with Crippen LogP contribution in [0.25, 0.3) is 0 Å². The summed E-state index contributed by atoms with van der Waals surface area (Å²) >= 11 is 6.42. The minimum Gasteiger partial charge on any atom is -0.332 e. The molecule has 2 amide bonds. The van der Waals surface area contributed by atoms with Crippen molar-refractivity contribution in [2.45, 2.75) is 51.3 Å². The highest BCUT2D eigenvalue weighted by molar-refractivity contribution is 6.30. The quantitative estimate of drug-likeness (QED) is 0.651. The molecule has 0 fully saturated rings. The van der Waals surface area contributed by atoms with Gasteiger partial charge in [0.1, 0.15) is 11.2 Å². The maximum Gasteiger partial charge on any atom is 0.245 e. The fourth-order valence-electron chi connectivity index (χ4n) is 2.85. The number of amides is 2. The lowest BCUT2D eigenvalue weighted by Crippen LogP contribution is -2.40. The number of hydrogen-bond donors (Lipinski definition) is 1. The highest BCUT2D eigenvalue weighted by Crippen LogP contribution is 2.24. The van der Waals surface area contributed by atoms with Gasteiger partial charge in [-0.2, -0.15) is 5.10 Å². The lowest BCUT2D eigenvalue weighted by molar-refractivity contribution is -0.134. The first-order valence-corrected chi connectivity index (χ1v) is 10.4. The fraction of sp³-hybridized carbons (Fsp3) is 0.500. The zero-order valence-corrected chi connectivity index (χ0v) is 18.7. The summed E-state index contributed by atoms with van der Waals surface area (Å²) in [7, 11) is 1.79. The Kier molecular flexibility index (Phi) is 7.85. The highest BCUT2D eigenvalue weighted by Gasteiger charge is 2.26. The third kappa shape index (κ3) is 6.32. The van der Waals surface area contributed by atoms with Crippen molar-refractivity contribution in [1.82, 2.24) is 14.7 Å². The molecule has 1 heterocycles. The van der Waals surface area contributed by atoms with Crippen LogP contribution < -0.4 is 5.32 Å². The van der Waals surface area contributed by atoms with Gasteiger partial charge >= 0.3 is 0 Å². The van der Waals surface area contributed by atoms with Gasteiger partial charge in [0.2, 0.25) is 11.8 Å². The van der Waals surface area contributed by atoms with Crippen LogP contribution in [0, 0.1) is 0 Å². The van der Waals surface area contributed by atoms with Crippen LogP contribution in [0.2, 0.25) is 0 Å². The van der Waals surface area contributed by atoms with Crippen LogP contribution in [0.4, 0.5) is 5.82 Å². The average molecular weight is 419 g/mol. The van der Waals surface area contributed by atoms with Gasteiger partial charge in [-0.15, -0.1) is 11.6 Å². The Hall–Kier alpha value is -2.34. The molecule has 1 aromatic heterocycles. The molecule has 1 atom stereocenters. The van der Waals surface area contributed by atoms with E-state index in [1.165, 1.54) is 4.90 Å². The number of nitrogens with zero attached hydrogens (tertiary/aromatic N) is 3. The van der Waals surface area contributed by atoms with Gasteiger partial charge in [-0.1, -0.05) is 64.4 Å². The second-order valence-electron chi connectivity index (χ2n) is 8.22. The van der Waals surface area contributed by atoms with Gasteiger partial charge in [0, 0.05) is 25.1 Å². The second-order valence-corrected chi connectivity index (χ2v) is 8.66. The summed E-state index contributed by atoms with van der Waals surface area (Å²) in [6, 6.07) is 11.1. The number of halogens is 1. The van der Waals surface area contributed by atoms with Crippen LogP contribution in [0.5, 0.6) is 0 Å². The molecule has 6 nitrogen and oxygen atoms in total. The van der Waals surface area contributed by atoms with E-state index in [4.69, 9.17) is 11.6 Å². The maximum absolute atomic E-state index is 12.9. The molecule has 0 aliphatic carbocycles. The highest BCUT2D eigenvalue weighted by atomic mass is 35.5. The summed E-state index contributed by atoms with van der Waals surface area (Å²) in [6.45, 7) is 8.67. The third-order valence-corrected chi connectivity index (χ3v) is 5.09. The molecule has 0 radical (unpaired) electrons. The van der Waals surface area contributed by atoms with Crippen LogP contribution in [-0.2, 0) is 22.1 Å². The van der Waals surface area contributed by atoms with Crippen molar-refractivity contribution in [3.63, 3.8) is 0 Å². The van der Waals surface area contributed by atoms with E-state index >= 15 is 0 Å². The molecule has 0 aliphatic heterocycles. The van der Waals surface area contributed by atoms with E-state index in [1.807, 2.05) is 43.3 Å². The molecular weight excluding hydrogens is 388 g/mol. The Morgan fingerprint density at radius 3 is 2.45 bits per heavy atom. The molecular formula is C22H31ClN4O2. The first-order chi connectivity index (χ1) is 13.6. The summed E-state index contributed by atoms with van der Waals surface area (Å²) in [6.07, 6.45) is 1.72. The van der Waals surface area contributed by atoms with Gasteiger partial charge in [0.05, 0.1) is 12.2 Å². The number of unbranched alkanes of at least 4 members (excludes halogenated alkanes) is 1. The van der Waals surface area contributed by atoms with Crippen molar-refractivity contribution in [2.24, 2.45) is 7.05 Å². The normalized spacial score (nSPS) is 12.5. The van der Waals surface area contributed by atoms with Gasteiger partial charge in [-0.05, 0) is 12.0 Å². The van der Waals surface area contributed by atoms with Crippen molar-refractivity contribution in [2.75, 3.05) is 18.4 Å². The Morgan fingerprint density at radius 1 is 1.24 bits per heavy atom. The number of benzene rings is 1. The lowest BCUT2D eigenvalue weighted by atomic mass is 9.92. The smallest absolute Gasteiger partial charge is 0.245 e. The summed E-state index contributed by atoms with van der Waals surface area (Å²) in [5, 5.41) is 6.52. The van der Waals surface area contributed by atoms with E-state index in [9.17, 15) is 9.59 Å². The van der Waals surface area contributed by atoms with E-state index in [-0.39, 0.29) is 23.8 Å². The Balaban J connectivity index is 2.10. The largest absolute Gasteiger partial charge is 0.332 e. The maximum atomic E-state index is 12.9. The third-order valence-electron chi connectivity index (χ3n) is 4.65. The fourth-order valence-corrected chi connectivity index (χ4v) is 3.13. The van der Waals surface area contributed by atoms with Crippen LogP contribution in [0.3, 0.4) is 0 Å². The van der Waals surface area contributed by atoms with E-state index < -0.39 is 5.38 Å². The zero-order chi connectivity index (χ0) is 21.6. The van der Waals surface area contributed by atoms with E-state index in [2.05, 4.69) is 31.2 Å². The molecule has 0 spiro atoms. The van der Waals surface area contributed by atoms with Crippen molar-refractivity contribution in [1.29, 1.82) is 0 Å². The van der Waals surface area contributed by atoms with Gasteiger partial charge < -0.3 is 10.2 Å². The number of aryl methyl sites for hydroxylation is 1. The monoisotopic (exact) mass is 418 g/mol. The molecule has 29 heavy (non-hydrogen) atoms. The Morgan fingerprint density at radius 2 is 1.90 bits per heavy atom. The number of nitrogens with one attached hydrogen (secondary N) is 1. The van der Waals surface area contributed by atoms with Crippen LogP contribution in [0.1, 0.15) is 57.2 Å². The Labute approximate surface area is 178 Å². The van der Waals surface area contributed by atoms with Crippen molar-refractivity contribution in [3.05, 3.63) is 47.7 Å². The zero-order valence-electron chi connectivity index (χ0n) is 17.9. The number of alkyl halides is 1. The van der Waals surface area contributed by atoms with Gasteiger partial charge in [0.25, 0.3) is 0 Å². The summed E-state index contributed by atoms with van der Waals surface area (Å²) in [5.41, 5.74) is 1.49. The molecule has 7 heteroatoms. The van der Waals surface area contributed by atoms with Crippen molar-refractivity contribution >= 4 is 29.2 Å². The number of carbonyl (C=O) groups is 2. The van der Waals surface area contributed by atoms with Crippen molar-refractivity contribution < 1.29 is 9.59 Å². The number of hydrogen-bond acceptors (Lipinski definition) is 3. The van der Waals surface area contributed by atoms with Gasteiger partial charge in [0.15, 0.2) is 0 Å². The molecule has 0 aliphatic rings. The van der Waals surface area contributed by atoms with Crippen LogP contribution >= 0.6 is 11.6 Å². The summed E-state index contributed by atoms with van der Waals surface area (Å²) < 4.78 is 1.64. The summed E-state index contributed by atoms with van der Waals surface area (Å²) in [4.78, 5) is 27.1.